The Balaban J connectivity index is 2.91. The van der Waals surface area contributed by atoms with E-state index in [-0.39, 0.29) is 10.9 Å². The number of benzene rings is 1. The standard InChI is InChI=1S/C14H24N2O2S/c1-5-12-6-7-13(9-14(12)15)19(17,18)16-11(4)8-10(2)3/h6-7,9-11,16H,5,8,15H2,1-4H3. The van der Waals surface area contributed by atoms with Crippen LogP contribution in [0.5, 0.6) is 0 Å². The van der Waals surface area contributed by atoms with Gasteiger partial charge in [-0.2, -0.15) is 0 Å². The summed E-state index contributed by atoms with van der Waals surface area (Å²) < 4.78 is 27.1. The summed E-state index contributed by atoms with van der Waals surface area (Å²) in [6.07, 6.45) is 1.60. The van der Waals surface area contributed by atoms with Crippen molar-refractivity contribution in [1.29, 1.82) is 0 Å². The van der Waals surface area contributed by atoms with E-state index in [2.05, 4.69) is 18.6 Å². The van der Waals surface area contributed by atoms with Crippen LogP contribution in [0, 0.1) is 5.92 Å². The number of sulfonamides is 1. The van der Waals surface area contributed by atoms with Crippen LogP contribution in [-0.4, -0.2) is 14.5 Å². The normalized spacial score (nSPS) is 13.7. The van der Waals surface area contributed by atoms with E-state index >= 15 is 0 Å². The molecule has 0 radical (unpaired) electrons. The van der Waals surface area contributed by atoms with Gasteiger partial charge in [-0.1, -0.05) is 26.8 Å². The molecule has 0 aliphatic heterocycles. The van der Waals surface area contributed by atoms with Crippen LogP contribution in [0.15, 0.2) is 23.1 Å². The van der Waals surface area contributed by atoms with Gasteiger partial charge < -0.3 is 5.73 Å². The van der Waals surface area contributed by atoms with Gasteiger partial charge in [0.05, 0.1) is 4.90 Å². The minimum absolute atomic E-state index is 0.0860. The zero-order valence-corrected chi connectivity index (χ0v) is 12.9. The molecule has 4 nitrogen and oxygen atoms in total. The molecule has 3 N–H and O–H groups in total. The summed E-state index contributed by atoms with van der Waals surface area (Å²) in [5.41, 5.74) is 7.34. The van der Waals surface area contributed by atoms with Crippen molar-refractivity contribution in [3.05, 3.63) is 23.8 Å². The summed E-state index contributed by atoms with van der Waals surface area (Å²) in [6, 6.07) is 4.83. The van der Waals surface area contributed by atoms with Crippen molar-refractivity contribution in [2.45, 2.75) is 51.5 Å². The largest absolute Gasteiger partial charge is 0.398 e. The predicted octanol–water partition coefficient (Wildman–Crippen LogP) is 2.54. The maximum Gasteiger partial charge on any atom is 0.240 e. The number of nitrogens with one attached hydrogen (secondary N) is 1. The molecule has 1 atom stereocenters. The van der Waals surface area contributed by atoms with Crippen LogP contribution in [0.3, 0.4) is 0 Å². The number of hydrogen-bond acceptors (Lipinski definition) is 3. The van der Waals surface area contributed by atoms with Gasteiger partial charge in [0.15, 0.2) is 0 Å². The lowest BCUT2D eigenvalue weighted by molar-refractivity contribution is 0.482. The Morgan fingerprint density at radius 3 is 2.37 bits per heavy atom. The van der Waals surface area contributed by atoms with Gasteiger partial charge in [0, 0.05) is 11.7 Å². The first-order chi connectivity index (χ1) is 8.76. The summed E-state index contributed by atoms with van der Waals surface area (Å²) in [7, 11) is -3.48. The molecular weight excluding hydrogens is 260 g/mol. The van der Waals surface area contributed by atoms with Gasteiger partial charge >= 0.3 is 0 Å². The van der Waals surface area contributed by atoms with Crippen molar-refractivity contribution in [1.82, 2.24) is 4.72 Å². The molecule has 0 aliphatic rings. The number of nitrogen functional groups attached to an aromatic ring is 1. The van der Waals surface area contributed by atoms with Gasteiger partial charge in [-0.3, -0.25) is 0 Å². The Hall–Kier alpha value is -1.07. The maximum absolute atomic E-state index is 12.2. The van der Waals surface area contributed by atoms with Gasteiger partial charge in [0.25, 0.3) is 0 Å². The minimum Gasteiger partial charge on any atom is -0.398 e. The molecular formula is C14H24N2O2S. The molecule has 1 unspecified atom stereocenters. The van der Waals surface area contributed by atoms with Crippen LogP contribution < -0.4 is 10.5 Å². The Morgan fingerprint density at radius 1 is 1.26 bits per heavy atom. The monoisotopic (exact) mass is 284 g/mol. The van der Waals surface area contributed by atoms with Gasteiger partial charge in [-0.15, -0.1) is 0 Å². The third kappa shape index (κ3) is 4.51. The number of anilines is 1. The molecule has 0 heterocycles. The first-order valence-corrected chi connectivity index (χ1v) is 8.15. The summed E-state index contributed by atoms with van der Waals surface area (Å²) in [6.45, 7) is 8.00. The number of nitrogens with two attached hydrogens (primary N) is 1. The second-order valence-corrected chi connectivity index (χ2v) is 7.08. The van der Waals surface area contributed by atoms with Crippen molar-refractivity contribution >= 4 is 15.7 Å². The molecule has 5 heteroatoms. The van der Waals surface area contributed by atoms with Gasteiger partial charge in [0.1, 0.15) is 0 Å². The Labute approximate surface area is 116 Å². The average Bonchev–Trinajstić information content (AvgIpc) is 2.26. The van der Waals surface area contributed by atoms with E-state index in [1.54, 1.807) is 12.1 Å². The van der Waals surface area contributed by atoms with Crippen LogP contribution in [0.4, 0.5) is 5.69 Å². The molecule has 1 aromatic rings. The molecule has 108 valence electrons. The van der Waals surface area contributed by atoms with Crippen LogP contribution >= 0.6 is 0 Å². The fourth-order valence-electron chi connectivity index (χ4n) is 2.15. The van der Waals surface area contributed by atoms with E-state index in [0.717, 1.165) is 18.4 Å². The zero-order valence-electron chi connectivity index (χ0n) is 12.1. The number of aryl methyl sites for hydroxylation is 1. The Morgan fingerprint density at radius 2 is 1.89 bits per heavy atom. The van der Waals surface area contributed by atoms with Crippen LogP contribution in [-0.2, 0) is 16.4 Å². The van der Waals surface area contributed by atoms with E-state index in [1.165, 1.54) is 6.07 Å². The van der Waals surface area contributed by atoms with Gasteiger partial charge in [-0.25, -0.2) is 13.1 Å². The average molecular weight is 284 g/mol. The zero-order chi connectivity index (χ0) is 14.6. The topological polar surface area (TPSA) is 72.2 Å². The molecule has 19 heavy (non-hydrogen) atoms. The first-order valence-electron chi connectivity index (χ1n) is 6.67. The lowest BCUT2D eigenvalue weighted by Gasteiger charge is -2.16. The van der Waals surface area contributed by atoms with Gasteiger partial charge in [0.2, 0.25) is 10.0 Å². The molecule has 1 rings (SSSR count). The third-order valence-electron chi connectivity index (χ3n) is 2.99. The molecule has 1 aromatic carbocycles. The summed E-state index contributed by atoms with van der Waals surface area (Å²) in [4.78, 5) is 0.234. The highest BCUT2D eigenvalue weighted by Gasteiger charge is 2.18. The summed E-state index contributed by atoms with van der Waals surface area (Å²) in [5, 5.41) is 0. The lowest BCUT2D eigenvalue weighted by atomic mass is 10.1. The number of hydrogen-bond donors (Lipinski definition) is 2. The van der Waals surface area contributed by atoms with Crippen molar-refractivity contribution in [3.63, 3.8) is 0 Å². The van der Waals surface area contributed by atoms with Crippen molar-refractivity contribution in [3.8, 4) is 0 Å². The quantitative estimate of drug-likeness (QED) is 0.789. The van der Waals surface area contributed by atoms with Crippen molar-refractivity contribution in [2.75, 3.05) is 5.73 Å². The maximum atomic E-state index is 12.2. The molecule has 0 saturated heterocycles. The fourth-order valence-corrected chi connectivity index (χ4v) is 3.44. The molecule has 0 aromatic heterocycles. The van der Waals surface area contributed by atoms with Crippen LogP contribution in [0.1, 0.15) is 39.7 Å². The van der Waals surface area contributed by atoms with Crippen molar-refractivity contribution in [2.24, 2.45) is 5.92 Å². The smallest absolute Gasteiger partial charge is 0.240 e. The molecule has 0 fully saturated rings. The molecule has 0 aliphatic carbocycles. The van der Waals surface area contributed by atoms with E-state index in [1.807, 2.05) is 13.8 Å². The predicted molar refractivity (Wildman–Crippen MR) is 79.5 cm³/mol. The summed E-state index contributed by atoms with van der Waals surface area (Å²) >= 11 is 0. The van der Waals surface area contributed by atoms with E-state index < -0.39 is 10.0 Å². The molecule has 0 amide bonds. The minimum atomic E-state index is -3.48. The second kappa shape index (κ2) is 6.39. The van der Waals surface area contributed by atoms with Gasteiger partial charge in [-0.05, 0) is 43.4 Å². The van der Waals surface area contributed by atoms with E-state index in [4.69, 9.17) is 5.73 Å². The van der Waals surface area contributed by atoms with Crippen LogP contribution in [0.2, 0.25) is 0 Å². The molecule has 0 spiro atoms. The molecule has 0 saturated carbocycles. The van der Waals surface area contributed by atoms with E-state index in [0.29, 0.717) is 11.6 Å². The Bertz CT molecular complexity index is 524. The third-order valence-corrected chi connectivity index (χ3v) is 4.58. The highest BCUT2D eigenvalue weighted by molar-refractivity contribution is 7.89. The highest BCUT2D eigenvalue weighted by Crippen LogP contribution is 2.19. The number of rotatable bonds is 6. The highest BCUT2D eigenvalue weighted by atomic mass is 32.2. The SMILES string of the molecule is CCc1ccc(S(=O)(=O)NC(C)CC(C)C)cc1N. The summed E-state index contributed by atoms with van der Waals surface area (Å²) in [5.74, 6) is 0.449. The van der Waals surface area contributed by atoms with E-state index in [9.17, 15) is 8.42 Å². The van der Waals surface area contributed by atoms with Crippen molar-refractivity contribution < 1.29 is 8.42 Å². The molecule has 0 bridgehead atoms. The lowest BCUT2D eigenvalue weighted by Crippen LogP contribution is -2.33. The first kappa shape index (κ1) is 16.0. The Kier molecular flexibility index (Phi) is 5.38. The second-order valence-electron chi connectivity index (χ2n) is 5.37. The van der Waals surface area contributed by atoms with Crippen LogP contribution in [0.25, 0.3) is 0 Å². The fraction of sp³-hybridized carbons (Fsp3) is 0.571.